The summed E-state index contributed by atoms with van der Waals surface area (Å²) in [7, 11) is 0. The maximum absolute atomic E-state index is 13.5. The minimum atomic E-state index is -0.229. The average Bonchev–Trinajstić information content (AvgIpc) is 3.37. The monoisotopic (exact) mass is 374 g/mol. The normalized spacial score (nSPS) is 23.0. The SMILES string of the molecule is CCN1CCN([C@@H](c2ccc(F)cc2)c2nnnn2C[C@@H]2CCCO2)CC1. The molecule has 0 N–H and O–H groups in total. The summed E-state index contributed by atoms with van der Waals surface area (Å²) in [6.07, 6.45) is 2.29. The van der Waals surface area contributed by atoms with E-state index in [0.29, 0.717) is 6.54 Å². The molecule has 2 aromatic rings. The van der Waals surface area contributed by atoms with Crippen LogP contribution in [0.4, 0.5) is 4.39 Å². The first-order valence-corrected chi connectivity index (χ1v) is 9.84. The molecule has 0 radical (unpaired) electrons. The van der Waals surface area contributed by atoms with Crippen molar-refractivity contribution in [2.75, 3.05) is 39.3 Å². The van der Waals surface area contributed by atoms with Gasteiger partial charge in [0.05, 0.1) is 18.7 Å². The van der Waals surface area contributed by atoms with Gasteiger partial charge in [0.2, 0.25) is 0 Å². The standard InChI is InChI=1S/C19H27FN6O/c1-2-24-9-11-25(12-10-24)18(15-5-7-16(20)8-6-15)19-21-22-23-26(19)14-17-4-3-13-27-17/h5-8,17-18H,2-4,9-14H2,1H3/t17-,18-/m0/s1. The molecular weight excluding hydrogens is 347 g/mol. The van der Waals surface area contributed by atoms with Crippen molar-refractivity contribution in [3.05, 3.63) is 41.5 Å². The number of rotatable bonds is 6. The van der Waals surface area contributed by atoms with Crippen molar-refractivity contribution in [1.82, 2.24) is 30.0 Å². The largest absolute Gasteiger partial charge is 0.376 e. The Bertz CT molecular complexity index is 722. The quantitative estimate of drug-likeness (QED) is 0.767. The van der Waals surface area contributed by atoms with Gasteiger partial charge < -0.3 is 9.64 Å². The molecule has 2 aliphatic rings. The Morgan fingerprint density at radius 3 is 2.63 bits per heavy atom. The molecule has 7 nitrogen and oxygen atoms in total. The van der Waals surface area contributed by atoms with E-state index in [-0.39, 0.29) is 18.0 Å². The van der Waals surface area contributed by atoms with E-state index in [0.717, 1.165) is 63.6 Å². The molecule has 0 aliphatic carbocycles. The van der Waals surface area contributed by atoms with Crippen LogP contribution in [-0.4, -0.2) is 75.4 Å². The Balaban J connectivity index is 1.62. The molecule has 1 aromatic heterocycles. The molecule has 3 heterocycles. The van der Waals surface area contributed by atoms with Gasteiger partial charge in [-0.25, -0.2) is 9.07 Å². The summed E-state index contributed by atoms with van der Waals surface area (Å²) in [5.41, 5.74) is 1.02. The van der Waals surface area contributed by atoms with E-state index in [2.05, 4.69) is 32.2 Å². The Hall–Kier alpha value is -1.90. The molecule has 0 saturated carbocycles. The molecule has 1 aromatic carbocycles. The molecule has 2 fully saturated rings. The van der Waals surface area contributed by atoms with Crippen molar-refractivity contribution in [3.63, 3.8) is 0 Å². The van der Waals surface area contributed by atoms with Crippen LogP contribution in [0.2, 0.25) is 0 Å². The van der Waals surface area contributed by atoms with Crippen LogP contribution in [-0.2, 0) is 11.3 Å². The van der Waals surface area contributed by atoms with Crippen molar-refractivity contribution in [2.24, 2.45) is 0 Å². The fourth-order valence-electron chi connectivity index (χ4n) is 4.02. The summed E-state index contributed by atoms with van der Waals surface area (Å²) in [6.45, 7) is 8.62. The predicted molar refractivity (Wildman–Crippen MR) is 98.7 cm³/mol. The lowest BCUT2D eigenvalue weighted by Gasteiger charge is -2.38. The molecule has 2 saturated heterocycles. The van der Waals surface area contributed by atoms with E-state index in [4.69, 9.17) is 4.74 Å². The fourth-order valence-corrected chi connectivity index (χ4v) is 4.02. The minimum absolute atomic E-state index is 0.0824. The second-order valence-electron chi connectivity index (χ2n) is 7.28. The van der Waals surface area contributed by atoms with Gasteiger partial charge in [0, 0.05) is 32.8 Å². The number of aromatic nitrogens is 4. The lowest BCUT2D eigenvalue weighted by atomic mass is 10.0. The topological polar surface area (TPSA) is 59.3 Å². The van der Waals surface area contributed by atoms with Gasteiger partial charge >= 0.3 is 0 Å². The van der Waals surface area contributed by atoms with Crippen LogP contribution in [0.15, 0.2) is 24.3 Å². The van der Waals surface area contributed by atoms with Crippen LogP contribution in [0.5, 0.6) is 0 Å². The van der Waals surface area contributed by atoms with Crippen LogP contribution in [0.3, 0.4) is 0 Å². The van der Waals surface area contributed by atoms with E-state index < -0.39 is 0 Å². The van der Waals surface area contributed by atoms with E-state index in [1.54, 1.807) is 0 Å². The van der Waals surface area contributed by atoms with Crippen LogP contribution in [0.1, 0.15) is 37.2 Å². The minimum Gasteiger partial charge on any atom is -0.376 e. The number of nitrogens with zero attached hydrogens (tertiary/aromatic N) is 6. The molecule has 0 unspecified atom stereocenters. The number of halogens is 1. The maximum Gasteiger partial charge on any atom is 0.173 e. The van der Waals surface area contributed by atoms with E-state index in [9.17, 15) is 4.39 Å². The molecule has 0 spiro atoms. The molecule has 2 aliphatic heterocycles. The Kier molecular flexibility index (Phi) is 5.75. The summed E-state index contributed by atoms with van der Waals surface area (Å²) in [4.78, 5) is 4.84. The zero-order valence-corrected chi connectivity index (χ0v) is 15.8. The third kappa shape index (κ3) is 4.17. The van der Waals surface area contributed by atoms with Gasteiger partial charge in [-0.1, -0.05) is 19.1 Å². The molecule has 0 amide bonds. The number of likely N-dealkylation sites (N-methyl/N-ethyl adjacent to an activating group) is 1. The van der Waals surface area contributed by atoms with Crippen molar-refractivity contribution in [2.45, 2.75) is 38.5 Å². The fraction of sp³-hybridized carbons (Fsp3) is 0.632. The zero-order valence-electron chi connectivity index (χ0n) is 15.8. The lowest BCUT2D eigenvalue weighted by Crippen LogP contribution is -2.48. The van der Waals surface area contributed by atoms with Crippen LogP contribution in [0.25, 0.3) is 0 Å². The summed E-state index contributed by atoms with van der Waals surface area (Å²) in [5.74, 6) is 0.578. The molecule has 0 bridgehead atoms. The van der Waals surface area contributed by atoms with Crippen molar-refractivity contribution < 1.29 is 9.13 Å². The third-order valence-electron chi connectivity index (χ3n) is 5.61. The lowest BCUT2D eigenvalue weighted by molar-refractivity contribution is 0.0861. The number of hydrogen-bond acceptors (Lipinski definition) is 6. The third-order valence-corrected chi connectivity index (χ3v) is 5.61. The smallest absolute Gasteiger partial charge is 0.173 e. The summed E-state index contributed by atoms with van der Waals surface area (Å²) >= 11 is 0. The molecule has 27 heavy (non-hydrogen) atoms. The number of piperazine rings is 1. The molecule has 2 atom stereocenters. The second kappa shape index (κ2) is 8.41. The molecule has 4 rings (SSSR count). The number of benzene rings is 1. The number of hydrogen-bond donors (Lipinski definition) is 0. The highest BCUT2D eigenvalue weighted by Crippen LogP contribution is 2.29. The van der Waals surface area contributed by atoms with Gasteiger partial charge in [-0.2, -0.15) is 0 Å². The second-order valence-corrected chi connectivity index (χ2v) is 7.28. The Labute approximate surface area is 159 Å². The van der Waals surface area contributed by atoms with Gasteiger partial charge in [-0.3, -0.25) is 4.90 Å². The Morgan fingerprint density at radius 1 is 1.19 bits per heavy atom. The first-order valence-electron chi connectivity index (χ1n) is 9.84. The zero-order chi connectivity index (χ0) is 18.6. The first kappa shape index (κ1) is 18.5. The van der Waals surface area contributed by atoms with E-state index >= 15 is 0 Å². The summed E-state index contributed by atoms with van der Waals surface area (Å²) in [5, 5.41) is 12.6. The van der Waals surface area contributed by atoms with Crippen LogP contribution in [0, 0.1) is 5.82 Å². The van der Waals surface area contributed by atoms with E-state index in [1.165, 1.54) is 12.1 Å². The maximum atomic E-state index is 13.5. The van der Waals surface area contributed by atoms with Crippen molar-refractivity contribution in [3.8, 4) is 0 Å². The van der Waals surface area contributed by atoms with Gasteiger partial charge in [-0.15, -0.1) is 5.10 Å². The number of tetrazole rings is 1. The highest BCUT2D eigenvalue weighted by Gasteiger charge is 2.31. The summed E-state index contributed by atoms with van der Waals surface area (Å²) in [6, 6.07) is 6.63. The molecule has 146 valence electrons. The van der Waals surface area contributed by atoms with Crippen molar-refractivity contribution in [1.29, 1.82) is 0 Å². The number of ether oxygens (including phenoxy) is 1. The van der Waals surface area contributed by atoms with E-state index in [1.807, 2.05) is 16.8 Å². The predicted octanol–water partition coefficient (Wildman–Crippen LogP) is 1.72. The average molecular weight is 374 g/mol. The van der Waals surface area contributed by atoms with Crippen LogP contribution < -0.4 is 0 Å². The highest BCUT2D eigenvalue weighted by atomic mass is 19.1. The molecule has 8 heteroatoms. The van der Waals surface area contributed by atoms with Gasteiger partial charge in [0.15, 0.2) is 5.82 Å². The van der Waals surface area contributed by atoms with Crippen molar-refractivity contribution >= 4 is 0 Å². The molecular formula is C19H27FN6O. The first-order chi connectivity index (χ1) is 13.2. The van der Waals surface area contributed by atoms with Gasteiger partial charge in [0.25, 0.3) is 0 Å². The Morgan fingerprint density at radius 2 is 1.96 bits per heavy atom. The highest BCUT2D eigenvalue weighted by molar-refractivity contribution is 5.25. The van der Waals surface area contributed by atoms with Gasteiger partial charge in [-0.05, 0) is 47.5 Å². The summed E-state index contributed by atoms with van der Waals surface area (Å²) < 4.78 is 21.1. The van der Waals surface area contributed by atoms with Crippen LogP contribution >= 0.6 is 0 Å². The van der Waals surface area contributed by atoms with Gasteiger partial charge in [0.1, 0.15) is 5.82 Å².